The smallest absolute Gasteiger partial charge is 0.174 e. The summed E-state index contributed by atoms with van der Waals surface area (Å²) in [7, 11) is 0. The number of rotatable bonds is 1. The highest BCUT2D eigenvalue weighted by atomic mass is 32.1. The number of hydrogen-bond donors (Lipinski definition) is 2. The molecule has 18 heavy (non-hydrogen) atoms. The van der Waals surface area contributed by atoms with E-state index in [4.69, 9.17) is 5.73 Å². The summed E-state index contributed by atoms with van der Waals surface area (Å²) < 4.78 is 1.55. The molecule has 2 N–H and O–H groups in total. The van der Waals surface area contributed by atoms with Crippen LogP contribution < -0.4 is 5.73 Å². The molecule has 0 saturated carbocycles. The van der Waals surface area contributed by atoms with Gasteiger partial charge in [-0.15, -0.1) is 12.6 Å². The van der Waals surface area contributed by atoms with Crippen LogP contribution in [0.4, 0.5) is 5.82 Å². The molecular weight excluding hydrogens is 246 g/mol. The van der Waals surface area contributed by atoms with E-state index in [1.165, 1.54) is 0 Å². The van der Waals surface area contributed by atoms with E-state index in [2.05, 4.69) is 27.7 Å². The zero-order valence-corrected chi connectivity index (χ0v) is 10.6. The third kappa shape index (κ3) is 1.62. The maximum atomic E-state index is 5.94. The number of thiol groups is 1. The number of fused-ring (bicyclic) bond motifs is 1. The number of benzene rings is 1. The molecule has 2 aromatic heterocycles. The van der Waals surface area contributed by atoms with Gasteiger partial charge >= 0.3 is 0 Å². The maximum absolute atomic E-state index is 5.94. The number of nitrogen functional groups attached to an aromatic ring is 1. The summed E-state index contributed by atoms with van der Waals surface area (Å²) in [6.07, 6.45) is 1.65. The normalized spacial score (nSPS) is 11.0. The molecule has 0 fully saturated rings. The highest BCUT2D eigenvalue weighted by Crippen LogP contribution is 2.23. The number of anilines is 1. The van der Waals surface area contributed by atoms with Gasteiger partial charge in [-0.3, -0.25) is 4.98 Å². The van der Waals surface area contributed by atoms with Gasteiger partial charge in [0.2, 0.25) is 0 Å². The van der Waals surface area contributed by atoms with Crippen LogP contribution in [0.5, 0.6) is 0 Å². The molecule has 0 aliphatic heterocycles. The predicted octanol–water partition coefficient (Wildman–Crippen LogP) is 1.99. The van der Waals surface area contributed by atoms with Crippen molar-refractivity contribution in [2.45, 2.75) is 11.8 Å². The first-order chi connectivity index (χ1) is 8.66. The second kappa shape index (κ2) is 3.99. The number of aromatic nitrogens is 4. The van der Waals surface area contributed by atoms with Crippen molar-refractivity contribution in [3.8, 4) is 5.82 Å². The largest absolute Gasteiger partial charge is 0.383 e. The second-order valence-corrected chi connectivity index (χ2v) is 4.40. The monoisotopic (exact) mass is 257 g/mol. The first-order valence-corrected chi connectivity index (χ1v) is 5.88. The lowest BCUT2D eigenvalue weighted by atomic mass is 10.3. The van der Waals surface area contributed by atoms with Crippen molar-refractivity contribution in [2.24, 2.45) is 0 Å². The quantitative estimate of drug-likeness (QED) is 0.654. The zero-order chi connectivity index (χ0) is 12.7. The summed E-state index contributed by atoms with van der Waals surface area (Å²) in [6, 6.07) is 7.66. The zero-order valence-electron chi connectivity index (χ0n) is 9.70. The fraction of sp³-hybridized carbons (Fsp3) is 0.0833. The number of para-hydroxylation sites is 2. The molecule has 5 nitrogen and oxygen atoms in total. The van der Waals surface area contributed by atoms with Gasteiger partial charge in [-0.1, -0.05) is 12.1 Å². The molecule has 3 aromatic rings. The minimum absolute atomic E-state index is 0.473. The van der Waals surface area contributed by atoms with Gasteiger partial charge in [0.05, 0.1) is 27.8 Å². The van der Waals surface area contributed by atoms with Gasteiger partial charge in [-0.05, 0) is 19.1 Å². The van der Waals surface area contributed by atoms with Crippen molar-refractivity contribution >= 4 is 29.5 Å². The van der Waals surface area contributed by atoms with E-state index in [1.807, 2.05) is 31.2 Å². The van der Waals surface area contributed by atoms with E-state index < -0.39 is 0 Å². The highest BCUT2D eigenvalue weighted by molar-refractivity contribution is 7.80. The first-order valence-electron chi connectivity index (χ1n) is 5.43. The van der Waals surface area contributed by atoms with E-state index in [-0.39, 0.29) is 0 Å². The Balaban J connectivity index is 2.22. The molecule has 1 aromatic carbocycles. The van der Waals surface area contributed by atoms with Crippen molar-refractivity contribution < 1.29 is 0 Å². The van der Waals surface area contributed by atoms with Gasteiger partial charge in [0.15, 0.2) is 5.82 Å². The Hall–Kier alpha value is -2.08. The molecule has 0 radical (unpaired) electrons. The molecule has 0 amide bonds. The highest BCUT2D eigenvalue weighted by Gasteiger charge is 2.12. The minimum Gasteiger partial charge on any atom is -0.383 e. The van der Waals surface area contributed by atoms with E-state index in [0.29, 0.717) is 16.5 Å². The number of hydrogen-bond acceptors (Lipinski definition) is 5. The van der Waals surface area contributed by atoms with Gasteiger partial charge in [0.25, 0.3) is 0 Å². The Kier molecular flexibility index (Phi) is 2.45. The molecule has 0 saturated heterocycles. The third-order valence-electron chi connectivity index (χ3n) is 2.72. The van der Waals surface area contributed by atoms with Crippen LogP contribution in [0.1, 0.15) is 5.69 Å². The lowest BCUT2D eigenvalue weighted by Crippen LogP contribution is -2.05. The second-order valence-electron chi connectivity index (χ2n) is 3.95. The minimum atomic E-state index is 0.473. The molecule has 3 rings (SSSR count). The Morgan fingerprint density at radius 1 is 1.22 bits per heavy atom. The van der Waals surface area contributed by atoms with Crippen molar-refractivity contribution in [2.75, 3.05) is 5.73 Å². The fourth-order valence-electron chi connectivity index (χ4n) is 1.76. The van der Waals surface area contributed by atoms with Gasteiger partial charge in [-0.2, -0.15) is 9.78 Å². The van der Waals surface area contributed by atoms with Crippen molar-refractivity contribution in [1.29, 1.82) is 0 Å². The lowest BCUT2D eigenvalue weighted by molar-refractivity contribution is 0.841. The van der Waals surface area contributed by atoms with Crippen molar-refractivity contribution in [1.82, 2.24) is 19.7 Å². The van der Waals surface area contributed by atoms with Crippen LogP contribution in [0.3, 0.4) is 0 Å². The van der Waals surface area contributed by atoms with E-state index in [0.717, 1.165) is 16.7 Å². The summed E-state index contributed by atoms with van der Waals surface area (Å²) in [5, 5.41) is 4.30. The number of aryl methyl sites for hydroxylation is 1. The summed E-state index contributed by atoms with van der Waals surface area (Å²) >= 11 is 4.30. The predicted molar refractivity (Wildman–Crippen MR) is 73.1 cm³/mol. The molecule has 0 spiro atoms. The number of nitrogens with two attached hydrogens (primary N) is 1. The van der Waals surface area contributed by atoms with Crippen molar-refractivity contribution in [3.05, 3.63) is 36.2 Å². The summed E-state index contributed by atoms with van der Waals surface area (Å²) in [6.45, 7) is 1.85. The van der Waals surface area contributed by atoms with Gasteiger partial charge < -0.3 is 5.73 Å². The molecule has 0 unspecified atom stereocenters. The topological polar surface area (TPSA) is 69.6 Å². The van der Waals surface area contributed by atoms with Crippen LogP contribution >= 0.6 is 12.6 Å². The third-order valence-corrected chi connectivity index (χ3v) is 3.27. The van der Waals surface area contributed by atoms with E-state index in [9.17, 15) is 0 Å². The molecule has 6 heteroatoms. The Bertz CT molecular complexity index is 734. The van der Waals surface area contributed by atoms with Crippen LogP contribution in [0.2, 0.25) is 0 Å². The Morgan fingerprint density at radius 3 is 2.61 bits per heavy atom. The standard InChI is InChI=1S/C12H11N5S/c1-7-11(18)12(13)17(16-7)10-6-14-8-4-2-3-5-9(8)15-10/h2-6,18H,13H2,1H3. The molecule has 0 atom stereocenters. The van der Waals surface area contributed by atoms with Crippen LogP contribution in [0.25, 0.3) is 16.9 Å². The average molecular weight is 257 g/mol. The van der Waals surface area contributed by atoms with Gasteiger partial charge in [-0.25, -0.2) is 4.98 Å². The molecule has 0 aliphatic carbocycles. The molecule has 0 bridgehead atoms. The molecule has 0 aliphatic rings. The van der Waals surface area contributed by atoms with Crippen LogP contribution in [0.15, 0.2) is 35.4 Å². The van der Waals surface area contributed by atoms with Crippen LogP contribution in [-0.2, 0) is 0 Å². The van der Waals surface area contributed by atoms with Crippen molar-refractivity contribution in [3.63, 3.8) is 0 Å². The molecular formula is C12H11N5S. The molecule has 2 heterocycles. The van der Waals surface area contributed by atoms with Gasteiger partial charge in [0, 0.05) is 0 Å². The lowest BCUT2D eigenvalue weighted by Gasteiger charge is -2.04. The Labute approximate surface area is 109 Å². The van der Waals surface area contributed by atoms with Gasteiger partial charge in [0.1, 0.15) is 5.82 Å². The maximum Gasteiger partial charge on any atom is 0.174 e. The van der Waals surface area contributed by atoms with Crippen LogP contribution in [-0.4, -0.2) is 19.7 Å². The average Bonchev–Trinajstić information content (AvgIpc) is 2.66. The van der Waals surface area contributed by atoms with Crippen LogP contribution in [0, 0.1) is 6.92 Å². The summed E-state index contributed by atoms with van der Waals surface area (Å²) in [5.41, 5.74) is 8.36. The van der Waals surface area contributed by atoms with E-state index in [1.54, 1.807) is 10.9 Å². The fourth-order valence-corrected chi connectivity index (χ4v) is 1.90. The number of nitrogens with zero attached hydrogens (tertiary/aromatic N) is 4. The first kappa shape index (κ1) is 11.0. The summed E-state index contributed by atoms with van der Waals surface area (Å²) in [5.74, 6) is 1.06. The van der Waals surface area contributed by atoms with E-state index >= 15 is 0 Å². The molecule has 90 valence electrons. The summed E-state index contributed by atoms with van der Waals surface area (Å²) in [4.78, 5) is 9.49. The SMILES string of the molecule is Cc1nn(-c2cnc3ccccc3n2)c(N)c1S. The Morgan fingerprint density at radius 2 is 1.94 bits per heavy atom.